The summed E-state index contributed by atoms with van der Waals surface area (Å²) in [5, 5.41) is 5.40. The summed E-state index contributed by atoms with van der Waals surface area (Å²) in [5.74, 6) is -0.0944. The van der Waals surface area contributed by atoms with Crippen LogP contribution in [0.1, 0.15) is 10.4 Å². The Kier molecular flexibility index (Phi) is 6.33. The van der Waals surface area contributed by atoms with Crippen LogP contribution in [0, 0.1) is 5.82 Å². The molecule has 0 aliphatic rings. The molecular formula is C21H16FN3OS3. The predicted molar refractivity (Wildman–Crippen MR) is 118 cm³/mol. The summed E-state index contributed by atoms with van der Waals surface area (Å²) in [4.78, 5) is 22.1. The van der Waals surface area contributed by atoms with Gasteiger partial charge in [-0.1, -0.05) is 54.2 Å². The largest absolute Gasteiger partial charge is 0.301 e. The summed E-state index contributed by atoms with van der Waals surface area (Å²) in [5.41, 5.74) is 2.99. The quantitative estimate of drug-likeness (QED) is 0.372. The summed E-state index contributed by atoms with van der Waals surface area (Å²) in [7, 11) is 0. The van der Waals surface area contributed by atoms with E-state index in [1.54, 1.807) is 18.3 Å². The second kappa shape index (κ2) is 9.30. The van der Waals surface area contributed by atoms with Crippen molar-refractivity contribution < 1.29 is 9.18 Å². The van der Waals surface area contributed by atoms with E-state index in [1.807, 2.05) is 35.7 Å². The molecule has 8 heteroatoms. The Bertz CT molecular complexity index is 1090. The summed E-state index contributed by atoms with van der Waals surface area (Å²) in [6, 6.07) is 16.4. The number of aromatic nitrogens is 2. The third-order valence-corrected chi connectivity index (χ3v) is 6.90. The Morgan fingerprint density at radius 1 is 1.10 bits per heavy atom. The summed E-state index contributed by atoms with van der Waals surface area (Å²) in [6.07, 6.45) is 2.40. The van der Waals surface area contributed by atoms with Gasteiger partial charge >= 0.3 is 0 Å². The average Bonchev–Trinajstić information content (AvgIpc) is 3.38. The second-order valence-electron chi connectivity index (χ2n) is 6.14. The van der Waals surface area contributed by atoms with Crippen molar-refractivity contribution in [2.75, 3.05) is 11.1 Å². The fourth-order valence-corrected chi connectivity index (χ4v) is 5.10. The first-order valence-corrected chi connectivity index (χ1v) is 11.5. The van der Waals surface area contributed by atoms with Gasteiger partial charge in [-0.05, 0) is 17.7 Å². The fourth-order valence-electron chi connectivity index (χ4n) is 2.60. The minimum absolute atomic E-state index is 0.117. The number of carbonyl (C=O) groups excluding carboxylic acids is 1. The number of amides is 1. The Morgan fingerprint density at radius 2 is 1.90 bits per heavy atom. The highest BCUT2D eigenvalue weighted by molar-refractivity contribution is 8.01. The number of thioether (sulfide) groups is 1. The monoisotopic (exact) mass is 441 g/mol. The minimum Gasteiger partial charge on any atom is -0.301 e. The SMILES string of the molecule is O=C(CSc1nc(-c2ccccc2)cs1)Nc1ncc(Cc2ccc(F)cc2)s1. The Labute approximate surface area is 179 Å². The summed E-state index contributed by atoms with van der Waals surface area (Å²) < 4.78 is 13.8. The van der Waals surface area contributed by atoms with Crippen molar-refractivity contribution in [1.82, 2.24) is 9.97 Å². The molecule has 0 spiro atoms. The smallest absolute Gasteiger partial charge is 0.236 e. The highest BCUT2D eigenvalue weighted by atomic mass is 32.2. The number of rotatable bonds is 7. The van der Waals surface area contributed by atoms with E-state index in [4.69, 9.17) is 0 Å². The standard InChI is InChI=1S/C21H16FN3OS3/c22-16-8-6-14(7-9-16)10-17-11-23-20(29-17)25-19(26)13-28-21-24-18(12-27-21)15-4-2-1-3-5-15/h1-9,11-12H,10,13H2,(H,23,25,26). The van der Waals surface area contributed by atoms with Gasteiger partial charge in [-0.3, -0.25) is 4.79 Å². The number of carbonyl (C=O) groups is 1. The molecule has 2 aromatic heterocycles. The molecule has 2 heterocycles. The first kappa shape index (κ1) is 19.8. The van der Waals surface area contributed by atoms with E-state index in [0.29, 0.717) is 11.6 Å². The molecule has 4 rings (SSSR count). The van der Waals surface area contributed by atoms with Gasteiger partial charge in [-0.25, -0.2) is 14.4 Å². The lowest BCUT2D eigenvalue weighted by Crippen LogP contribution is -2.13. The van der Waals surface area contributed by atoms with Crippen molar-refractivity contribution in [2.24, 2.45) is 0 Å². The van der Waals surface area contributed by atoms with Gasteiger partial charge in [0.1, 0.15) is 5.82 Å². The van der Waals surface area contributed by atoms with Crippen molar-refractivity contribution in [3.8, 4) is 11.3 Å². The fraction of sp³-hybridized carbons (Fsp3) is 0.0952. The van der Waals surface area contributed by atoms with Crippen molar-refractivity contribution in [2.45, 2.75) is 10.8 Å². The molecule has 0 fully saturated rings. The minimum atomic E-state index is -0.250. The zero-order chi connectivity index (χ0) is 20.1. The molecule has 0 bridgehead atoms. The Balaban J connectivity index is 1.28. The van der Waals surface area contributed by atoms with E-state index in [1.165, 1.54) is 46.6 Å². The lowest BCUT2D eigenvalue weighted by molar-refractivity contribution is -0.113. The van der Waals surface area contributed by atoms with Crippen LogP contribution in [-0.2, 0) is 11.2 Å². The molecule has 146 valence electrons. The van der Waals surface area contributed by atoms with Crippen molar-refractivity contribution in [3.63, 3.8) is 0 Å². The maximum absolute atomic E-state index is 13.0. The molecule has 0 aliphatic heterocycles. The molecule has 0 saturated heterocycles. The highest BCUT2D eigenvalue weighted by Crippen LogP contribution is 2.28. The molecule has 0 unspecified atom stereocenters. The molecule has 0 atom stereocenters. The topological polar surface area (TPSA) is 54.9 Å². The maximum atomic E-state index is 13.0. The van der Waals surface area contributed by atoms with Crippen molar-refractivity contribution >= 4 is 45.5 Å². The van der Waals surface area contributed by atoms with E-state index >= 15 is 0 Å². The number of anilines is 1. The summed E-state index contributed by atoms with van der Waals surface area (Å²) in [6.45, 7) is 0. The second-order valence-corrected chi connectivity index (χ2v) is 9.33. The van der Waals surface area contributed by atoms with Crippen LogP contribution >= 0.6 is 34.4 Å². The van der Waals surface area contributed by atoms with Crippen molar-refractivity contribution in [1.29, 1.82) is 0 Å². The average molecular weight is 442 g/mol. The van der Waals surface area contributed by atoms with E-state index < -0.39 is 0 Å². The third-order valence-electron chi connectivity index (χ3n) is 3.97. The van der Waals surface area contributed by atoms with Gasteiger partial charge in [-0.15, -0.1) is 22.7 Å². The van der Waals surface area contributed by atoms with Crippen LogP contribution in [0.15, 0.2) is 70.5 Å². The highest BCUT2D eigenvalue weighted by Gasteiger charge is 2.10. The first-order valence-electron chi connectivity index (χ1n) is 8.78. The molecule has 0 aliphatic carbocycles. The van der Waals surface area contributed by atoms with E-state index in [-0.39, 0.29) is 17.5 Å². The molecule has 29 heavy (non-hydrogen) atoms. The number of benzene rings is 2. The van der Waals surface area contributed by atoms with Crippen LogP contribution in [-0.4, -0.2) is 21.6 Å². The molecule has 1 amide bonds. The van der Waals surface area contributed by atoms with Gasteiger partial charge in [0.25, 0.3) is 0 Å². The van der Waals surface area contributed by atoms with E-state index in [9.17, 15) is 9.18 Å². The van der Waals surface area contributed by atoms with Crippen LogP contribution in [0.4, 0.5) is 9.52 Å². The third kappa shape index (κ3) is 5.50. The van der Waals surface area contributed by atoms with Gasteiger partial charge in [0.15, 0.2) is 9.47 Å². The molecule has 1 N–H and O–H groups in total. The lowest BCUT2D eigenvalue weighted by atomic mass is 10.1. The number of hydrogen-bond acceptors (Lipinski definition) is 6. The van der Waals surface area contributed by atoms with E-state index in [2.05, 4.69) is 15.3 Å². The van der Waals surface area contributed by atoms with Gasteiger partial charge in [0.05, 0.1) is 11.4 Å². The zero-order valence-electron chi connectivity index (χ0n) is 15.2. The van der Waals surface area contributed by atoms with Gasteiger partial charge in [0.2, 0.25) is 5.91 Å². The number of thiazole rings is 2. The van der Waals surface area contributed by atoms with Crippen LogP contribution in [0.3, 0.4) is 0 Å². The molecule has 0 radical (unpaired) electrons. The first-order chi connectivity index (χ1) is 14.2. The number of hydrogen-bond donors (Lipinski definition) is 1. The lowest BCUT2D eigenvalue weighted by Gasteiger charge is -2.00. The molecular weight excluding hydrogens is 425 g/mol. The van der Waals surface area contributed by atoms with E-state index in [0.717, 1.165) is 26.0 Å². The van der Waals surface area contributed by atoms with Gasteiger partial charge < -0.3 is 5.32 Å². The maximum Gasteiger partial charge on any atom is 0.236 e. The molecule has 0 saturated carbocycles. The van der Waals surface area contributed by atoms with Crippen LogP contribution in [0.5, 0.6) is 0 Å². The van der Waals surface area contributed by atoms with Gasteiger partial charge in [-0.2, -0.15) is 0 Å². The zero-order valence-corrected chi connectivity index (χ0v) is 17.6. The Hall–Kier alpha value is -2.55. The van der Waals surface area contributed by atoms with Gasteiger partial charge in [0, 0.05) is 28.4 Å². The Morgan fingerprint density at radius 3 is 2.69 bits per heavy atom. The van der Waals surface area contributed by atoms with Crippen molar-refractivity contribution in [3.05, 3.63) is 82.4 Å². The predicted octanol–water partition coefficient (Wildman–Crippen LogP) is 5.73. The normalized spacial score (nSPS) is 10.8. The van der Waals surface area contributed by atoms with Crippen LogP contribution in [0.2, 0.25) is 0 Å². The number of nitrogens with one attached hydrogen (secondary N) is 1. The van der Waals surface area contributed by atoms with Crippen LogP contribution in [0.25, 0.3) is 11.3 Å². The molecule has 4 aromatic rings. The molecule has 2 aromatic carbocycles. The summed E-state index contributed by atoms with van der Waals surface area (Å²) >= 11 is 4.37. The molecule has 4 nitrogen and oxygen atoms in total. The number of nitrogens with zero attached hydrogens (tertiary/aromatic N) is 2. The van der Waals surface area contributed by atoms with Crippen LogP contribution < -0.4 is 5.32 Å². The number of halogens is 1.